The van der Waals surface area contributed by atoms with Gasteiger partial charge >= 0.3 is 0 Å². The van der Waals surface area contributed by atoms with E-state index < -0.39 is 6.04 Å². The zero-order valence-corrected chi connectivity index (χ0v) is 13.4. The zero-order chi connectivity index (χ0) is 17.4. The van der Waals surface area contributed by atoms with Crippen LogP contribution in [-0.2, 0) is 4.79 Å². The van der Waals surface area contributed by atoms with E-state index in [-0.39, 0.29) is 17.7 Å². The molecule has 1 aromatic heterocycles. The highest BCUT2D eigenvalue weighted by Crippen LogP contribution is 2.30. The van der Waals surface area contributed by atoms with Crippen LogP contribution in [0.25, 0.3) is 0 Å². The highest BCUT2D eigenvalue weighted by Gasteiger charge is 2.38. The minimum atomic E-state index is -0.409. The Balaban J connectivity index is 1.64. The number of carbonyl (C=O) groups excluding carboxylic acids is 3. The van der Waals surface area contributed by atoms with Crippen molar-refractivity contribution in [1.29, 1.82) is 0 Å². The zero-order valence-electron chi connectivity index (χ0n) is 13.4. The summed E-state index contributed by atoms with van der Waals surface area (Å²) in [6, 6.07) is 7.84. The maximum absolute atomic E-state index is 12.8. The Kier molecular flexibility index (Phi) is 3.68. The molecule has 0 radical (unpaired) electrons. The van der Waals surface area contributed by atoms with Gasteiger partial charge in [0.25, 0.3) is 11.8 Å². The summed E-state index contributed by atoms with van der Waals surface area (Å²) in [5.41, 5.74) is 1.79. The maximum atomic E-state index is 12.8. The van der Waals surface area contributed by atoms with Gasteiger partial charge in [0, 0.05) is 24.6 Å². The minimum absolute atomic E-state index is 0.156. The molecule has 0 unspecified atom stereocenters. The number of hydrogen-bond acceptors (Lipinski definition) is 4. The van der Waals surface area contributed by atoms with Crippen LogP contribution in [0, 0.1) is 0 Å². The van der Waals surface area contributed by atoms with Crippen molar-refractivity contribution in [3.8, 4) is 0 Å². The van der Waals surface area contributed by atoms with E-state index in [2.05, 4.69) is 15.6 Å². The molecule has 2 aliphatic heterocycles. The molecule has 2 aromatic rings. The molecule has 25 heavy (non-hydrogen) atoms. The van der Waals surface area contributed by atoms with Gasteiger partial charge in [-0.1, -0.05) is 0 Å². The topological polar surface area (TPSA) is 91.4 Å². The van der Waals surface area contributed by atoms with Gasteiger partial charge in [0.1, 0.15) is 6.04 Å². The van der Waals surface area contributed by atoms with Gasteiger partial charge in [0.15, 0.2) is 0 Å². The smallest absolute Gasteiger partial charge is 0.257 e. The van der Waals surface area contributed by atoms with Crippen molar-refractivity contribution in [1.82, 2.24) is 9.88 Å². The van der Waals surface area contributed by atoms with Crippen molar-refractivity contribution in [2.75, 3.05) is 17.2 Å². The molecule has 1 aromatic carbocycles. The number of aromatic nitrogens is 1. The number of fused-ring (bicyclic) bond motifs is 2. The summed E-state index contributed by atoms with van der Waals surface area (Å²) in [6.45, 7) is 0.572. The average Bonchev–Trinajstić information content (AvgIpc) is 3.09. The van der Waals surface area contributed by atoms with Crippen molar-refractivity contribution in [3.05, 3.63) is 53.9 Å². The van der Waals surface area contributed by atoms with Gasteiger partial charge in [-0.3, -0.25) is 19.4 Å². The third-order valence-corrected chi connectivity index (χ3v) is 4.51. The Labute approximate surface area is 144 Å². The van der Waals surface area contributed by atoms with Gasteiger partial charge in [-0.25, -0.2) is 0 Å². The number of nitrogens with one attached hydrogen (secondary N) is 2. The number of hydrogen-bond donors (Lipinski definition) is 2. The van der Waals surface area contributed by atoms with E-state index in [9.17, 15) is 14.4 Å². The van der Waals surface area contributed by atoms with Crippen LogP contribution in [0.4, 0.5) is 11.4 Å². The predicted octanol–water partition coefficient (Wildman–Crippen LogP) is 1.89. The lowest BCUT2D eigenvalue weighted by Gasteiger charge is -2.20. The number of nitrogens with zero attached hydrogens (tertiary/aromatic N) is 2. The molecule has 126 valence electrons. The third-order valence-electron chi connectivity index (χ3n) is 4.51. The summed E-state index contributed by atoms with van der Waals surface area (Å²) in [5.74, 6) is -0.651. The number of pyridine rings is 1. The normalized spacial score (nSPS) is 18.9. The molecule has 3 amide bonds. The summed E-state index contributed by atoms with van der Waals surface area (Å²) >= 11 is 0. The van der Waals surface area contributed by atoms with Crippen molar-refractivity contribution in [3.63, 3.8) is 0 Å². The fraction of sp³-hybridized carbons (Fsp3) is 0.222. The lowest BCUT2D eigenvalue weighted by atomic mass is 10.1. The van der Waals surface area contributed by atoms with E-state index in [0.717, 1.165) is 6.42 Å². The van der Waals surface area contributed by atoms with Gasteiger partial charge in [-0.15, -0.1) is 0 Å². The second-order valence-corrected chi connectivity index (χ2v) is 6.10. The first-order chi connectivity index (χ1) is 12.1. The minimum Gasteiger partial charge on any atom is -0.327 e. The van der Waals surface area contributed by atoms with E-state index in [1.54, 1.807) is 41.4 Å². The first-order valence-corrected chi connectivity index (χ1v) is 8.11. The monoisotopic (exact) mass is 336 g/mol. The Morgan fingerprint density at radius 3 is 2.96 bits per heavy atom. The Bertz CT molecular complexity index is 866. The molecule has 0 bridgehead atoms. The molecule has 3 heterocycles. The van der Waals surface area contributed by atoms with E-state index in [1.165, 1.54) is 6.20 Å². The van der Waals surface area contributed by atoms with E-state index in [1.807, 2.05) is 0 Å². The maximum Gasteiger partial charge on any atom is 0.257 e. The van der Waals surface area contributed by atoms with Crippen molar-refractivity contribution >= 4 is 29.1 Å². The SMILES string of the molecule is O=C(Nc1ccc2c(c1)C(=O)N1CCC[C@H]1C(=O)N2)c1cccnc1. The second-order valence-electron chi connectivity index (χ2n) is 6.10. The van der Waals surface area contributed by atoms with Gasteiger partial charge in [-0.05, 0) is 43.2 Å². The lowest BCUT2D eigenvalue weighted by Crippen LogP contribution is -2.40. The van der Waals surface area contributed by atoms with Crippen LogP contribution < -0.4 is 10.6 Å². The fourth-order valence-electron chi connectivity index (χ4n) is 3.26. The molecular formula is C18H16N4O3. The Hall–Kier alpha value is -3.22. The van der Waals surface area contributed by atoms with Crippen molar-refractivity contribution in [2.24, 2.45) is 0 Å². The molecule has 0 aliphatic carbocycles. The summed E-state index contributed by atoms with van der Waals surface area (Å²) in [4.78, 5) is 42.8. The van der Waals surface area contributed by atoms with E-state index in [0.29, 0.717) is 35.5 Å². The fourth-order valence-corrected chi connectivity index (χ4v) is 3.26. The molecule has 7 nitrogen and oxygen atoms in total. The van der Waals surface area contributed by atoms with Gasteiger partial charge in [-0.2, -0.15) is 0 Å². The lowest BCUT2D eigenvalue weighted by molar-refractivity contribution is -0.119. The van der Waals surface area contributed by atoms with Crippen LogP contribution in [0.15, 0.2) is 42.7 Å². The Morgan fingerprint density at radius 1 is 1.28 bits per heavy atom. The highest BCUT2D eigenvalue weighted by atomic mass is 16.2. The molecule has 1 saturated heterocycles. The van der Waals surface area contributed by atoms with Crippen LogP contribution in [0.1, 0.15) is 33.6 Å². The molecule has 0 saturated carbocycles. The molecule has 7 heteroatoms. The number of rotatable bonds is 2. The van der Waals surface area contributed by atoms with Crippen LogP contribution in [0.2, 0.25) is 0 Å². The van der Waals surface area contributed by atoms with Crippen LogP contribution in [0.3, 0.4) is 0 Å². The van der Waals surface area contributed by atoms with Gasteiger partial charge in [0.05, 0.1) is 16.8 Å². The quantitative estimate of drug-likeness (QED) is 0.876. The van der Waals surface area contributed by atoms with E-state index >= 15 is 0 Å². The van der Waals surface area contributed by atoms with Gasteiger partial charge in [0.2, 0.25) is 5.91 Å². The first kappa shape index (κ1) is 15.3. The van der Waals surface area contributed by atoms with E-state index in [4.69, 9.17) is 0 Å². The summed E-state index contributed by atoms with van der Waals surface area (Å²) in [6.07, 6.45) is 4.55. The van der Waals surface area contributed by atoms with Crippen molar-refractivity contribution in [2.45, 2.75) is 18.9 Å². The highest BCUT2D eigenvalue weighted by molar-refractivity contribution is 6.11. The number of benzene rings is 1. The van der Waals surface area contributed by atoms with Crippen molar-refractivity contribution < 1.29 is 14.4 Å². The third kappa shape index (κ3) is 2.73. The number of anilines is 2. The predicted molar refractivity (Wildman–Crippen MR) is 91.3 cm³/mol. The molecule has 2 N–H and O–H groups in total. The molecule has 1 fully saturated rings. The molecule has 4 rings (SSSR count). The van der Waals surface area contributed by atoms with Crippen LogP contribution in [0.5, 0.6) is 0 Å². The average molecular weight is 336 g/mol. The molecule has 0 spiro atoms. The molecular weight excluding hydrogens is 320 g/mol. The standard InChI is InChI=1S/C18H16N4O3/c23-16(11-3-1-7-19-10-11)20-12-5-6-14-13(9-12)18(25)22-8-2-4-15(22)17(24)21-14/h1,3,5-7,9-10,15H,2,4,8H2,(H,20,23)(H,21,24)/t15-/m0/s1. The molecule has 1 atom stereocenters. The van der Waals surface area contributed by atoms with Crippen LogP contribution >= 0.6 is 0 Å². The number of carbonyl (C=O) groups is 3. The van der Waals surface area contributed by atoms with Crippen LogP contribution in [-0.4, -0.2) is 40.2 Å². The summed E-state index contributed by atoms with van der Waals surface area (Å²) in [5, 5.41) is 5.57. The largest absolute Gasteiger partial charge is 0.327 e. The number of amides is 3. The van der Waals surface area contributed by atoms with Gasteiger partial charge < -0.3 is 15.5 Å². The second kappa shape index (κ2) is 6.01. The first-order valence-electron chi connectivity index (χ1n) is 8.11. The Morgan fingerprint density at radius 2 is 2.16 bits per heavy atom. The molecule has 2 aliphatic rings. The summed E-state index contributed by atoms with van der Waals surface area (Å²) in [7, 11) is 0. The summed E-state index contributed by atoms with van der Waals surface area (Å²) < 4.78 is 0.